The second-order valence-corrected chi connectivity index (χ2v) is 9.30. The van der Waals surface area contributed by atoms with Crippen LogP contribution in [0.2, 0.25) is 0 Å². The molecule has 3 unspecified atom stereocenters. The van der Waals surface area contributed by atoms with Crippen LogP contribution in [0.1, 0.15) is 68.4 Å². The van der Waals surface area contributed by atoms with E-state index in [-0.39, 0.29) is 0 Å². The molecule has 0 bridgehead atoms. The molecule has 12 heteroatoms. The van der Waals surface area contributed by atoms with Gasteiger partial charge in [0.2, 0.25) is 0 Å². The Morgan fingerprint density at radius 2 is 0.548 bits per heavy atom. The molecule has 0 aliphatic rings. The predicted molar refractivity (Wildman–Crippen MR) is 133 cm³/mol. The normalized spacial score (nSPS) is 14.9. The van der Waals surface area contributed by atoms with Crippen LogP contribution in [0.5, 0.6) is 0 Å². The van der Waals surface area contributed by atoms with E-state index in [1.807, 2.05) is 0 Å². The number of halogens is 9. The van der Waals surface area contributed by atoms with Crippen LogP contribution in [0, 0.1) is 0 Å². The van der Waals surface area contributed by atoms with Crippen molar-refractivity contribution in [2.75, 3.05) is 0 Å². The van der Waals surface area contributed by atoms with Crippen molar-refractivity contribution in [1.82, 2.24) is 0 Å². The van der Waals surface area contributed by atoms with Crippen LogP contribution in [0.25, 0.3) is 0 Å². The van der Waals surface area contributed by atoms with Crippen LogP contribution < -0.4 is 0 Å². The Morgan fingerprint density at radius 1 is 0.357 bits per heavy atom. The first-order chi connectivity index (χ1) is 19.5. The first-order valence-corrected chi connectivity index (χ1v) is 12.2. The Bertz CT molecular complexity index is 1310. The van der Waals surface area contributed by atoms with E-state index >= 15 is 0 Å². The average Bonchev–Trinajstić information content (AvgIpc) is 2.94. The van der Waals surface area contributed by atoms with Crippen LogP contribution in [0.3, 0.4) is 0 Å². The minimum Gasteiger partial charge on any atom is -0.384 e. The maximum atomic E-state index is 14.8. The average molecular weight is 600 g/mol. The smallest absolute Gasteiger partial charge is 0.384 e. The van der Waals surface area contributed by atoms with Crippen molar-refractivity contribution in [2.45, 2.75) is 36.8 Å². The van der Waals surface area contributed by atoms with Gasteiger partial charge in [0.15, 0.2) is 0 Å². The van der Waals surface area contributed by atoms with E-state index in [4.69, 9.17) is 0 Å². The van der Waals surface area contributed by atoms with E-state index in [2.05, 4.69) is 0 Å². The standard InChI is InChI=1S/C30H21F9O3/c31-28(32,33)22-19(25(40)16-10-4-1-5-11-16)23(29(34,35)36)21(27(42)18-14-8-3-9-15-18)24(30(37,38)39)20(22)26(41)17-12-6-2-7-13-17/h1-15,25-27,40-42H. The van der Waals surface area contributed by atoms with Crippen molar-refractivity contribution in [3.63, 3.8) is 0 Å². The highest BCUT2D eigenvalue weighted by molar-refractivity contribution is 5.61. The maximum absolute atomic E-state index is 14.8. The van der Waals surface area contributed by atoms with Gasteiger partial charge in [0.1, 0.15) is 18.3 Å². The minimum absolute atomic E-state index is 0.506. The van der Waals surface area contributed by atoms with Crippen LogP contribution in [0.4, 0.5) is 39.5 Å². The van der Waals surface area contributed by atoms with Gasteiger partial charge in [0.25, 0.3) is 0 Å². The summed E-state index contributed by atoms with van der Waals surface area (Å²) in [4.78, 5) is 0. The molecule has 0 saturated carbocycles. The number of aliphatic hydroxyl groups excluding tert-OH is 3. The molecule has 4 aromatic carbocycles. The minimum atomic E-state index is -5.95. The largest absolute Gasteiger partial charge is 0.417 e. The van der Waals surface area contributed by atoms with Crippen molar-refractivity contribution in [3.05, 3.63) is 141 Å². The lowest BCUT2D eigenvalue weighted by atomic mass is 9.77. The molecule has 0 saturated heterocycles. The van der Waals surface area contributed by atoms with Crippen molar-refractivity contribution >= 4 is 0 Å². The Morgan fingerprint density at radius 3 is 0.714 bits per heavy atom. The summed E-state index contributed by atoms with van der Waals surface area (Å²) in [6.45, 7) is 0. The molecule has 0 aliphatic heterocycles. The van der Waals surface area contributed by atoms with Gasteiger partial charge in [-0.2, -0.15) is 39.5 Å². The van der Waals surface area contributed by atoms with Gasteiger partial charge in [-0.1, -0.05) is 91.0 Å². The highest BCUT2D eigenvalue weighted by atomic mass is 19.4. The first-order valence-electron chi connectivity index (χ1n) is 12.2. The zero-order chi connectivity index (χ0) is 31.0. The van der Waals surface area contributed by atoms with Gasteiger partial charge in [-0.15, -0.1) is 0 Å². The molecular formula is C30H21F9O3. The summed E-state index contributed by atoms with van der Waals surface area (Å²) in [5.74, 6) is 0. The van der Waals surface area contributed by atoms with Crippen molar-refractivity contribution in [3.8, 4) is 0 Å². The van der Waals surface area contributed by atoms with E-state index in [1.165, 1.54) is 54.6 Å². The first kappa shape index (κ1) is 31.1. The highest BCUT2D eigenvalue weighted by Crippen LogP contribution is 2.55. The number of aliphatic hydroxyl groups is 3. The molecule has 0 radical (unpaired) electrons. The Kier molecular flexibility index (Phi) is 8.45. The molecule has 3 N–H and O–H groups in total. The lowest BCUT2D eigenvalue weighted by molar-refractivity contribution is -0.154. The van der Waals surface area contributed by atoms with E-state index in [1.54, 1.807) is 0 Å². The quantitative estimate of drug-likeness (QED) is 0.197. The molecule has 0 aliphatic carbocycles. The van der Waals surface area contributed by atoms with Crippen LogP contribution in [0.15, 0.2) is 91.0 Å². The molecule has 0 aromatic heterocycles. The van der Waals surface area contributed by atoms with Crippen molar-refractivity contribution in [2.24, 2.45) is 0 Å². The van der Waals surface area contributed by atoms with Gasteiger partial charge in [0, 0.05) is 16.7 Å². The number of alkyl halides is 9. The third-order valence-corrected chi connectivity index (χ3v) is 6.63. The van der Waals surface area contributed by atoms with Crippen molar-refractivity contribution in [1.29, 1.82) is 0 Å². The number of benzene rings is 4. The van der Waals surface area contributed by atoms with E-state index in [0.29, 0.717) is 0 Å². The third-order valence-electron chi connectivity index (χ3n) is 6.63. The Hall–Kier alpha value is -3.87. The van der Waals surface area contributed by atoms with Gasteiger partial charge in [-0.3, -0.25) is 0 Å². The lowest BCUT2D eigenvalue weighted by Crippen LogP contribution is -2.31. The maximum Gasteiger partial charge on any atom is 0.417 e. The topological polar surface area (TPSA) is 60.7 Å². The number of hydrogen-bond acceptors (Lipinski definition) is 3. The number of hydrogen-bond donors (Lipinski definition) is 3. The summed E-state index contributed by atoms with van der Waals surface area (Å²) in [6, 6.07) is 17.2. The van der Waals surface area contributed by atoms with Gasteiger partial charge in [0.05, 0.1) is 16.7 Å². The van der Waals surface area contributed by atoms with Gasteiger partial charge in [-0.25, -0.2) is 0 Å². The fourth-order valence-electron chi connectivity index (χ4n) is 4.95. The van der Waals surface area contributed by atoms with Crippen LogP contribution >= 0.6 is 0 Å². The summed E-state index contributed by atoms with van der Waals surface area (Å²) in [7, 11) is 0. The zero-order valence-electron chi connectivity index (χ0n) is 21.1. The second kappa shape index (κ2) is 11.4. The van der Waals surface area contributed by atoms with Crippen molar-refractivity contribution < 1.29 is 54.8 Å². The molecule has 0 spiro atoms. The van der Waals surface area contributed by atoms with E-state index in [0.717, 1.165) is 36.4 Å². The molecule has 3 nitrogen and oxygen atoms in total. The molecule has 0 amide bonds. The van der Waals surface area contributed by atoms with E-state index < -0.39 is 86.9 Å². The highest BCUT2D eigenvalue weighted by Gasteiger charge is 2.54. The molecule has 4 aromatic rings. The molecule has 3 atom stereocenters. The fraction of sp³-hybridized carbons (Fsp3) is 0.200. The fourth-order valence-corrected chi connectivity index (χ4v) is 4.95. The lowest BCUT2D eigenvalue weighted by Gasteiger charge is -2.34. The molecule has 222 valence electrons. The molecule has 0 heterocycles. The predicted octanol–water partition coefficient (Wildman–Crippen LogP) is 7.99. The monoisotopic (exact) mass is 600 g/mol. The SMILES string of the molecule is OC(c1ccccc1)c1c(C(F)(F)F)c(C(O)c2ccccc2)c(C(F)(F)F)c(C(O)c2ccccc2)c1C(F)(F)F. The Labute approximate surface area is 233 Å². The van der Waals surface area contributed by atoms with Crippen LogP contribution in [-0.4, -0.2) is 15.3 Å². The van der Waals surface area contributed by atoms with Gasteiger partial charge in [-0.05, 0) is 16.7 Å². The van der Waals surface area contributed by atoms with E-state index in [9.17, 15) is 54.8 Å². The summed E-state index contributed by atoms with van der Waals surface area (Å²) >= 11 is 0. The summed E-state index contributed by atoms with van der Waals surface area (Å²) in [5.41, 5.74) is -15.0. The zero-order valence-corrected chi connectivity index (χ0v) is 21.1. The van der Waals surface area contributed by atoms with Gasteiger partial charge < -0.3 is 15.3 Å². The third kappa shape index (κ3) is 6.01. The van der Waals surface area contributed by atoms with Gasteiger partial charge >= 0.3 is 18.5 Å². The number of rotatable bonds is 6. The molecule has 0 fully saturated rings. The molecular weight excluding hydrogens is 579 g/mol. The second-order valence-electron chi connectivity index (χ2n) is 9.30. The summed E-state index contributed by atoms with van der Waals surface area (Å²) < 4.78 is 134. The summed E-state index contributed by atoms with van der Waals surface area (Å²) in [6.07, 6.45) is -26.2. The Balaban J connectivity index is 2.34. The molecule has 4 rings (SSSR count). The summed E-state index contributed by atoms with van der Waals surface area (Å²) in [5, 5.41) is 33.2. The molecule has 42 heavy (non-hydrogen) atoms. The van der Waals surface area contributed by atoms with Crippen LogP contribution in [-0.2, 0) is 18.5 Å².